The van der Waals surface area contributed by atoms with Crippen molar-refractivity contribution in [1.29, 1.82) is 0 Å². The third-order valence-electron chi connectivity index (χ3n) is 2.98. The lowest BCUT2D eigenvalue weighted by Gasteiger charge is -2.24. The predicted octanol–water partition coefficient (Wildman–Crippen LogP) is 2.34. The lowest BCUT2D eigenvalue weighted by atomic mass is 10.1. The van der Waals surface area contributed by atoms with Crippen LogP contribution >= 0.6 is 11.8 Å². The van der Waals surface area contributed by atoms with E-state index in [0.29, 0.717) is 18.0 Å². The van der Waals surface area contributed by atoms with Gasteiger partial charge in [0.05, 0.1) is 17.0 Å². The Hall–Kier alpha value is -1.46. The summed E-state index contributed by atoms with van der Waals surface area (Å²) in [7, 11) is 0. The highest BCUT2D eigenvalue weighted by Crippen LogP contribution is 2.28. The molecule has 0 radical (unpaired) electrons. The maximum Gasteiger partial charge on any atom is 0.0881 e. The summed E-state index contributed by atoms with van der Waals surface area (Å²) >= 11 is 1.62. The number of nitrogen functional groups attached to an aromatic ring is 1. The van der Waals surface area contributed by atoms with Crippen LogP contribution in [0.2, 0.25) is 0 Å². The van der Waals surface area contributed by atoms with E-state index in [2.05, 4.69) is 10.3 Å². The number of hydrogen-bond donors (Lipinski definition) is 3. The molecule has 102 valence electrons. The number of hydrogen-bond acceptors (Lipinski definition) is 5. The number of aromatic nitrogens is 1. The van der Waals surface area contributed by atoms with Crippen molar-refractivity contribution in [3.05, 3.63) is 30.6 Å². The van der Waals surface area contributed by atoms with Crippen molar-refractivity contribution in [2.75, 3.05) is 29.6 Å². The second-order valence-electron chi connectivity index (χ2n) is 4.91. The summed E-state index contributed by atoms with van der Waals surface area (Å²) in [6.45, 7) is 2.28. The topological polar surface area (TPSA) is 71.2 Å². The Morgan fingerprint density at radius 1 is 1.42 bits per heavy atom. The lowest BCUT2D eigenvalue weighted by Crippen LogP contribution is -2.36. The maximum absolute atomic E-state index is 10.1. The van der Waals surface area contributed by atoms with Crippen molar-refractivity contribution in [3.63, 3.8) is 0 Å². The lowest BCUT2D eigenvalue weighted by molar-refractivity contribution is 0.0997. The summed E-state index contributed by atoms with van der Waals surface area (Å²) in [5, 5.41) is 15.4. The van der Waals surface area contributed by atoms with Crippen molar-refractivity contribution in [3.8, 4) is 0 Å². The average Bonchev–Trinajstić information content (AvgIpc) is 2.38. The average molecular weight is 277 g/mol. The molecule has 0 spiro atoms. The van der Waals surface area contributed by atoms with Gasteiger partial charge in [-0.15, -0.1) is 0 Å². The van der Waals surface area contributed by atoms with E-state index in [9.17, 15) is 5.11 Å². The van der Waals surface area contributed by atoms with Crippen LogP contribution in [0.25, 0.3) is 10.8 Å². The Labute approximate surface area is 117 Å². The minimum absolute atomic E-state index is 0.467. The van der Waals surface area contributed by atoms with E-state index in [1.807, 2.05) is 31.4 Å². The Bertz CT molecular complexity index is 572. The summed E-state index contributed by atoms with van der Waals surface area (Å²) in [6.07, 6.45) is 5.50. The largest absolute Gasteiger partial charge is 0.397 e. The fourth-order valence-corrected chi connectivity index (χ4v) is 2.72. The summed E-state index contributed by atoms with van der Waals surface area (Å²) in [5.74, 6) is 0.678. The standard InChI is InChI=1S/C14H19N3OS/c1-14(18,9-19-2)8-17-12-4-3-10-7-16-6-5-11(10)13(12)15/h3-7,17-18H,8-9,15H2,1-2H3. The Morgan fingerprint density at radius 2 is 2.21 bits per heavy atom. The summed E-state index contributed by atoms with van der Waals surface area (Å²) < 4.78 is 0. The van der Waals surface area contributed by atoms with Gasteiger partial charge in [-0.1, -0.05) is 6.07 Å². The minimum atomic E-state index is -0.751. The highest BCUT2D eigenvalue weighted by molar-refractivity contribution is 7.98. The van der Waals surface area contributed by atoms with Gasteiger partial charge in [-0.2, -0.15) is 11.8 Å². The Morgan fingerprint density at radius 3 is 2.95 bits per heavy atom. The molecule has 0 saturated carbocycles. The molecule has 1 atom stereocenters. The number of rotatable bonds is 5. The second kappa shape index (κ2) is 5.67. The van der Waals surface area contributed by atoms with Gasteiger partial charge in [0.15, 0.2) is 0 Å². The molecule has 2 aromatic rings. The van der Waals surface area contributed by atoms with E-state index in [-0.39, 0.29) is 0 Å². The van der Waals surface area contributed by atoms with Gasteiger partial charge in [0, 0.05) is 35.5 Å². The minimum Gasteiger partial charge on any atom is -0.397 e. The van der Waals surface area contributed by atoms with Crippen LogP contribution in [0.4, 0.5) is 11.4 Å². The fraction of sp³-hybridized carbons (Fsp3) is 0.357. The van der Waals surface area contributed by atoms with Gasteiger partial charge in [-0.25, -0.2) is 0 Å². The molecule has 4 nitrogen and oxygen atoms in total. The zero-order chi connectivity index (χ0) is 13.9. The maximum atomic E-state index is 10.1. The third kappa shape index (κ3) is 3.30. The zero-order valence-corrected chi connectivity index (χ0v) is 12.0. The molecule has 1 aromatic heterocycles. The number of pyridine rings is 1. The van der Waals surface area contributed by atoms with E-state index in [1.165, 1.54) is 0 Å². The smallest absolute Gasteiger partial charge is 0.0881 e. The van der Waals surface area contributed by atoms with Gasteiger partial charge in [-0.05, 0) is 25.3 Å². The molecule has 5 heteroatoms. The summed E-state index contributed by atoms with van der Waals surface area (Å²) in [5.41, 5.74) is 6.94. The molecule has 0 bridgehead atoms. The predicted molar refractivity (Wildman–Crippen MR) is 83.7 cm³/mol. The SMILES string of the molecule is CSCC(C)(O)CNc1ccc2cnccc2c1N. The molecule has 0 fully saturated rings. The number of anilines is 2. The van der Waals surface area contributed by atoms with Crippen LogP contribution in [-0.2, 0) is 0 Å². The van der Waals surface area contributed by atoms with Gasteiger partial charge in [0.2, 0.25) is 0 Å². The molecule has 0 amide bonds. The van der Waals surface area contributed by atoms with Gasteiger partial charge >= 0.3 is 0 Å². The first-order chi connectivity index (χ1) is 9.03. The molecular weight excluding hydrogens is 258 g/mol. The fourth-order valence-electron chi connectivity index (χ4n) is 1.99. The summed E-state index contributed by atoms with van der Waals surface area (Å²) in [4.78, 5) is 4.07. The quantitative estimate of drug-likeness (QED) is 0.732. The van der Waals surface area contributed by atoms with Crippen molar-refractivity contribution in [2.24, 2.45) is 0 Å². The van der Waals surface area contributed by atoms with E-state index >= 15 is 0 Å². The molecule has 1 heterocycles. The van der Waals surface area contributed by atoms with Crippen LogP contribution < -0.4 is 11.1 Å². The second-order valence-corrected chi connectivity index (χ2v) is 5.77. The van der Waals surface area contributed by atoms with E-state index < -0.39 is 5.60 Å². The number of benzene rings is 1. The number of aliphatic hydroxyl groups is 1. The van der Waals surface area contributed by atoms with Crippen molar-refractivity contribution in [1.82, 2.24) is 4.98 Å². The highest BCUT2D eigenvalue weighted by Gasteiger charge is 2.19. The van der Waals surface area contributed by atoms with Crippen LogP contribution in [0, 0.1) is 0 Å². The number of nitrogens with two attached hydrogens (primary N) is 1. The van der Waals surface area contributed by atoms with Crippen molar-refractivity contribution in [2.45, 2.75) is 12.5 Å². The molecule has 0 aliphatic carbocycles. The zero-order valence-electron chi connectivity index (χ0n) is 11.2. The van der Waals surface area contributed by atoms with Gasteiger partial charge in [0.25, 0.3) is 0 Å². The number of thioether (sulfide) groups is 1. The highest BCUT2D eigenvalue weighted by atomic mass is 32.2. The first kappa shape index (κ1) is 14.0. The molecular formula is C14H19N3OS. The van der Waals surface area contributed by atoms with Crippen LogP contribution in [0.1, 0.15) is 6.92 Å². The van der Waals surface area contributed by atoms with Crippen LogP contribution in [0.15, 0.2) is 30.6 Å². The van der Waals surface area contributed by atoms with E-state index in [1.54, 1.807) is 24.2 Å². The third-order valence-corrected chi connectivity index (χ3v) is 3.89. The monoisotopic (exact) mass is 277 g/mol. The number of fused-ring (bicyclic) bond motifs is 1. The van der Waals surface area contributed by atoms with Crippen LogP contribution in [0.3, 0.4) is 0 Å². The molecule has 0 aliphatic heterocycles. The van der Waals surface area contributed by atoms with Crippen molar-refractivity contribution < 1.29 is 5.11 Å². The summed E-state index contributed by atoms with van der Waals surface area (Å²) in [6, 6.07) is 5.80. The Balaban J connectivity index is 2.20. The first-order valence-electron chi connectivity index (χ1n) is 6.11. The van der Waals surface area contributed by atoms with Crippen LogP contribution in [-0.4, -0.2) is 34.2 Å². The van der Waals surface area contributed by atoms with Crippen LogP contribution in [0.5, 0.6) is 0 Å². The van der Waals surface area contributed by atoms with E-state index in [4.69, 9.17) is 5.73 Å². The Kier molecular flexibility index (Phi) is 4.17. The van der Waals surface area contributed by atoms with Gasteiger partial charge in [0.1, 0.15) is 0 Å². The van der Waals surface area contributed by atoms with Gasteiger partial charge < -0.3 is 16.2 Å². The molecule has 4 N–H and O–H groups in total. The normalized spacial score (nSPS) is 14.3. The molecule has 1 aromatic carbocycles. The van der Waals surface area contributed by atoms with Crippen molar-refractivity contribution >= 4 is 33.9 Å². The first-order valence-corrected chi connectivity index (χ1v) is 7.50. The molecule has 0 saturated heterocycles. The molecule has 0 aliphatic rings. The van der Waals surface area contributed by atoms with Gasteiger partial charge in [-0.3, -0.25) is 4.98 Å². The number of nitrogens with zero attached hydrogens (tertiary/aromatic N) is 1. The van der Waals surface area contributed by atoms with E-state index in [0.717, 1.165) is 16.5 Å². The number of nitrogens with one attached hydrogen (secondary N) is 1. The molecule has 1 unspecified atom stereocenters. The molecule has 2 rings (SSSR count). The molecule has 19 heavy (non-hydrogen) atoms.